The van der Waals surface area contributed by atoms with Crippen LogP contribution in [0, 0.1) is 0 Å². The smallest absolute Gasteiger partial charge is 0.489 e. The maximum Gasteiger partial charge on any atom is 0.573 e. The number of halogens is 3. The van der Waals surface area contributed by atoms with Gasteiger partial charge in [-0.3, -0.25) is 9.59 Å². The van der Waals surface area contributed by atoms with Crippen LogP contribution in [0.25, 0.3) is 11.1 Å². The van der Waals surface area contributed by atoms with Crippen molar-refractivity contribution in [3.63, 3.8) is 0 Å². The molecule has 1 aliphatic rings. The molecule has 1 amide bonds. The fourth-order valence-corrected chi connectivity index (χ4v) is 4.10. The predicted octanol–water partition coefficient (Wildman–Crippen LogP) is 4.78. The number of carboxylic acids is 1. The minimum absolute atomic E-state index is 0.0260. The molecule has 0 saturated heterocycles. The Morgan fingerprint density at radius 3 is 2.54 bits per heavy atom. The third-order valence-corrected chi connectivity index (χ3v) is 5.80. The molecule has 1 heterocycles. The number of aliphatic carboxylic acids is 1. The number of hydrogen-bond donors (Lipinski definition) is 2. The van der Waals surface area contributed by atoms with Gasteiger partial charge in [-0.15, -0.1) is 13.2 Å². The van der Waals surface area contributed by atoms with Crippen LogP contribution in [0.4, 0.5) is 18.9 Å². The molecule has 4 rings (SSSR count). The Morgan fingerprint density at radius 1 is 1.03 bits per heavy atom. The van der Waals surface area contributed by atoms with Crippen LogP contribution in [0.1, 0.15) is 17.5 Å². The number of nitrogens with zero attached hydrogens (tertiary/aromatic N) is 1. The lowest BCUT2D eigenvalue weighted by Crippen LogP contribution is -2.37. The van der Waals surface area contributed by atoms with Gasteiger partial charge in [0.1, 0.15) is 18.1 Å². The summed E-state index contributed by atoms with van der Waals surface area (Å²) in [4.78, 5) is 24.7. The second kappa shape index (κ2) is 11.3. The van der Waals surface area contributed by atoms with E-state index in [0.717, 1.165) is 11.3 Å². The number of amides is 1. The summed E-state index contributed by atoms with van der Waals surface area (Å²) in [6.45, 7) is 0.762. The first-order valence-corrected chi connectivity index (χ1v) is 11.6. The minimum Gasteiger partial charge on any atom is -0.489 e. The summed E-state index contributed by atoms with van der Waals surface area (Å²) in [7, 11) is 0. The summed E-state index contributed by atoms with van der Waals surface area (Å²) in [5.74, 6) is -0.873. The first kappa shape index (κ1) is 26.0. The third kappa shape index (κ3) is 7.01. The highest BCUT2D eigenvalue weighted by Gasteiger charge is 2.32. The molecule has 10 heteroatoms. The SMILES string of the molecule is O=C(O)CCNCC(=O)N1CCc2cc(OCc3ccc(-c4ccccc4)c(OC(F)(F)F)c3)ccc21. The molecule has 0 aliphatic carbocycles. The van der Waals surface area contributed by atoms with Gasteiger partial charge in [0.15, 0.2) is 0 Å². The summed E-state index contributed by atoms with van der Waals surface area (Å²) in [5.41, 5.74) is 3.09. The highest BCUT2D eigenvalue weighted by molar-refractivity contribution is 5.96. The number of hydrogen-bond acceptors (Lipinski definition) is 5. The van der Waals surface area contributed by atoms with Crippen molar-refractivity contribution in [2.75, 3.05) is 24.5 Å². The number of fused-ring (bicyclic) bond motifs is 1. The highest BCUT2D eigenvalue weighted by atomic mass is 19.4. The third-order valence-electron chi connectivity index (χ3n) is 5.80. The van der Waals surface area contributed by atoms with E-state index in [0.29, 0.717) is 35.4 Å². The number of anilines is 1. The standard InChI is InChI=1S/C27H25F3N2O5/c28-27(29,30)37-24-14-18(6-8-22(24)19-4-2-1-3-5-19)17-36-21-7-9-23-20(15-21)11-13-32(23)25(33)16-31-12-10-26(34)35/h1-9,14-15,31H,10-13,16-17H2,(H,34,35). The van der Waals surface area contributed by atoms with Crippen LogP contribution < -0.4 is 19.7 Å². The van der Waals surface area contributed by atoms with Crippen molar-refractivity contribution < 1.29 is 37.3 Å². The summed E-state index contributed by atoms with van der Waals surface area (Å²) in [6.07, 6.45) is -4.27. The number of carbonyl (C=O) groups is 2. The summed E-state index contributed by atoms with van der Waals surface area (Å²) in [5, 5.41) is 11.5. The molecule has 0 saturated carbocycles. The Morgan fingerprint density at radius 2 is 1.81 bits per heavy atom. The normalized spacial score (nSPS) is 12.8. The molecule has 0 fully saturated rings. The minimum atomic E-state index is -4.84. The Bertz CT molecular complexity index is 1260. The maximum atomic E-state index is 13.0. The molecule has 0 radical (unpaired) electrons. The Hall–Kier alpha value is -4.05. The van der Waals surface area contributed by atoms with Crippen LogP contribution in [-0.2, 0) is 22.6 Å². The van der Waals surface area contributed by atoms with Gasteiger partial charge in [-0.05, 0) is 47.4 Å². The molecule has 1 aliphatic heterocycles. The van der Waals surface area contributed by atoms with E-state index >= 15 is 0 Å². The van der Waals surface area contributed by atoms with Crippen molar-refractivity contribution in [3.8, 4) is 22.6 Å². The lowest BCUT2D eigenvalue weighted by atomic mass is 10.0. The zero-order chi connectivity index (χ0) is 26.4. The van der Waals surface area contributed by atoms with Gasteiger partial charge in [0.05, 0.1) is 13.0 Å². The Labute approximate surface area is 211 Å². The molecule has 0 spiro atoms. The van der Waals surface area contributed by atoms with Gasteiger partial charge in [-0.2, -0.15) is 0 Å². The molecule has 0 unspecified atom stereocenters. The number of alkyl halides is 3. The van der Waals surface area contributed by atoms with Gasteiger partial charge in [-0.25, -0.2) is 0 Å². The molecular formula is C27H25F3N2O5. The van der Waals surface area contributed by atoms with E-state index in [1.165, 1.54) is 6.07 Å². The molecule has 37 heavy (non-hydrogen) atoms. The van der Waals surface area contributed by atoms with E-state index in [1.807, 2.05) is 6.07 Å². The quantitative estimate of drug-likeness (QED) is 0.379. The first-order chi connectivity index (χ1) is 17.7. The van der Waals surface area contributed by atoms with E-state index in [4.69, 9.17) is 9.84 Å². The number of benzene rings is 3. The van der Waals surface area contributed by atoms with Gasteiger partial charge in [0.2, 0.25) is 5.91 Å². The van der Waals surface area contributed by atoms with Gasteiger partial charge in [0, 0.05) is 24.3 Å². The zero-order valence-corrected chi connectivity index (χ0v) is 19.8. The Balaban J connectivity index is 1.42. The number of ether oxygens (including phenoxy) is 2. The second-order valence-corrected chi connectivity index (χ2v) is 8.44. The number of carboxylic acid groups (broad SMARTS) is 1. The van der Waals surface area contributed by atoms with Crippen molar-refractivity contribution in [1.82, 2.24) is 5.32 Å². The van der Waals surface area contributed by atoms with E-state index in [2.05, 4.69) is 10.1 Å². The van der Waals surface area contributed by atoms with Crippen LogP contribution in [0.3, 0.4) is 0 Å². The molecule has 0 bridgehead atoms. The van der Waals surface area contributed by atoms with Crippen LogP contribution in [0.15, 0.2) is 66.7 Å². The topological polar surface area (TPSA) is 88.1 Å². The van der Waals surface area contributed by atoms with E-state index in [-0.39, 0.29) is 37.8 Å². The van der Waals surface area contributed by atoms with Gasteiger partial charge >= 0.3 is 12.3 Å². The molecule has 0 aromatic heterocycles. The molecule has 3 aromatic rings. The Kier molecular flexibility index (Phi) is 7.98. The van der Waals surface area contributed by atoms with Crippen molar-refractivity contribution in [2.45, 2.75) is 25.8 Å². The fourth-order valence-electron chi connectivity index (χ4n) is 4.10. The number of nitrogens with one attached hydrogen (secondary N) is 1. The summed E-state index contributed by atoms with van der Waals surface area (Å²) < 4.78 is 49.3. The van der Waals surface area contributed by atoms with E-state index in [1.54, 1.807) is 59.5 Å². The summed E-state index contributed by atoms with van der Waals surface area (Å²) in [6, 6.07) is 18.5. The lowest BCUT2D eigenvalue weighted by Gasteiger charge is -2.18. The first-order valence-electron chi connectivity index (χ1n) is 11.6. The fraction of sp³-hybridized carbons (Fsp3) is 0.259. The van der Waals surface area contributed by atoms with Crippen molar-refractivity contribution in [3.05, 3.63) is 77.9 Å². The van der Waals surface area contributed by atoms with Crippen molar-refractivity contribution in [1.29, 1.82) is 0 Å². The van der Waals surface area contributed by atoms with Gasteiger partial charge in [0.25, 0.3) is 0 Å². The molecule has 7 nitrogen and oxygen atoms in total. The summed E-state index contributed by atoms with van der Waals surface area (Å²) >= 11 is 0. The van der Waals surface area contributed by atoms with E-state index in [9.17, 15) is 22.8 Å². The molecule has 2 N–H and O–H groups in total. The molecule has 194 valence electrons. The van der Waals surface area contributed by atoms with Gasteiger partial charge in [-0.1, -0.05) is 42.5 Å². The predicted molar refractivity (Wildman–Crippen MR) is 131 cm³/mol. The van der Waals surface area contributed by atoms with Crippen molar-refractivity contribution >= 4 is 17.6 Å². The van der Waals surface area contributed by atoms with Crippen LogP contribution in [-0.4, -0.2) is 43.0 Å². The van der Waals surface area contributed by atoms with Crippen LogP contribution in [0.2, 0.25) is 0 Å². The van der Waals surface area contributed by atoms with Gasteiger partial charge < -0.3 is 24.8 Å². The monoisotopic (exact) mass is 514 g/mol. The van der Waals surface area contributed by atoms with E-state index < -0.39 is 12.3 Å². The maximum absolute atomic E-state index is 13.0. The number of rotatable bonds is 10. The average molecular weight is 515 g/mol. The zero-order valence-electron chi connectivity index (χ0n) is 19.8. The average Bonchev–Trinajstić information content (AvgIpc) is 3.28. The molecular weight excluding hydrogens is 489 g/mol. The largest absolute Gasteiger partial charge is 0.573 e. The van der Waals surface area contributed by atoms with Crippen LogP contribution >= 0.6 is 0 Å². The van der Waals surface area contributed by atoms with Crippen LogP contribution in [0.5, 0.6) is 11.5 Å². The molecule has 0 atom stereocenters. The number of carbonyl (C=O) groups excluding carboxylic acids is 1. The highest BCUT2D eigenvalue weighted by Crippen LogP contribution is 2.35. The second-order valence-electron chi connectivity index (χ2n) is 8.44. The lowest BCUT2D eigenvalue weighted by molar-refractivity contribution is -0.274. The van der Waals surface area contributed by atoms with Crippen molar-refractivity contribution in [2.24, 2.45) is 0 Å². The molecule has 3 aromatic carbocycles.